The minimum Gasteiger partial charge on any atom is -0.382 e. The number of nitrogens with two attached hydrogens (primary N) is 1. The van der Waals surface area contributed by atoms with E-state index in [9.17, 15) is 31.9 Å². The number of halogens is 5. The number of aromatic nitrogens is 1. The number of pyridine rings is 1. The third-order valence-corrected chi connectivity index (χ3v) is 5.95. The van der Waals surface area contributed by atoms with E-state index in [1.165, 1.54) is 10.6 Å². The molecule has 2 aliphatic rings. The maximum atomic E-state index is 15.0. The van der Waals surface area contributed by atoms with Crippen LogP contribution in [0.2, 0.25) is 0 Å². The summed E-state index contributed by atoms with van der Waals surface area (Å²) in [7, 11) is 0. The Hall–Kier alpha value is -3.28. The van der Waals surface area contributed by atoms with Crippen LogP contribution in [-0.2, 0) is 9.53 Å². The van der Waals surface area contributed by atoms with Gasteiger partial charge < -0.3 is 19.9 Å². The number of ether oxygens (including phenoxy) is 1. The van der Waals surface area contributed by atoms with Crippen LogP contribution in [0, 0.1) is 5.82 Å². The number of benzene rings is 1. The molecule has 0 radical (unpaired) electrons. The van der Waals surface area contributed by atoms with Crippen molar-refractivity contribution < 1.29 is 36.3 Å². The minimum absolute atomic E-state index is 0.152. The number of rotatable bonds is 4. The van der Waals surface area contributed by atoms with Gasteiger partial charge in [0, 0.05) is 37.3 Å². The fourth-order valence-corrected chi connectivity index (χ4v) is 4.03. The summed E-state index contributed by atoms with van der Waals surface area (Å²) in [6, 6.07) is 2.20. The SMILES string of the molecule is NCC(F)=C1CCN(c2cc3c(cc2F)c(=O)c(C(=O)OC(=O)C(F)(F)F)cn3C2CC2)CC1. The van der Waals surface area contributed by atoms with Crippen molar-refractivity contribution in [1.29, 1.82) is 0 Å². The van der Waals surface area contributed by atoms with Crippen LogP contribution in [0.4, 0.5) is 27.6 Å². The molecule has 0 spiro atoms. The number of hydrogen-bond donors (Lipinski definition) is 1. The van der Waals surface area contributed by atoms with Gasteiger partial charge in [0.2, 0.25) is 5.43 Å². The highest BCUT2D eigenvalue weighted by molar-refractivity contribution is 6.00. The molecular weight excluding hydrogens is 465 g/mol. The molecule has 0 amide bonds. The molecule has 2 heterocycles. The molecule has 4 rings (SSSR count). The summed E-state index contributed by atoms with van der Waals surface area (Å²) in [4.78, 5) is 37.7. The lowest BCUT2D eigenvalue weighted by molar-refractivity contribution is -0.193. The second kappa shape index (κ2) is 8.82. The third-order valence-electron chi connectivity index (χ3n) is 5.95. The van der Waals surface area contributed by atoms with Crippen LogP contribution < -0.4 is 16.1 Å². The molecule has 182 valence electrons. The van der Waals surface area contributed by atoms with Gasteiger partial charge in [-0.05, 0) is 43.4 Å². The standard InChI is InChI=1S/C22H20F5N3O4/c23-15-7-13-17(8-18(15)29-5-3-11(4-6-29)16(24)9-28)30(12-1-2-12)10-14(19(13)31)20(32)34-21(33)22(25,26)27/h7-8,10,12H,1-6,9,28H2. The van der Waals surface area contributed by atoms with E-state index >= 15 is 4.39 Å². The van der Waals surface area contributed by atoms with Gasteiger partial charge in [-0.2, -0.15) is 13.2 Å². The number of carbonyl (C=O) groups is 2. The second-order valence-corrected chi connectivity index (χ2v) is 8.21. The highest BCUT2D eigenvalue weighted by Crippen LogP contribution is 2.38. The highest BCUT2D eigenvalue weighted by atomic mass is 19.4. The fourth-order valence-electron chi connectivity index (χ4n) is 4.03. The second-order valence-electron chi connectivity index (χ2n) is 8.21. The van der Waals surface area contributed by atoms with Crippen molar-refractivity contribution in [3.63, 3.8) is 0 Å². The van der Waals surface area contributed by atoms with E-state index in [1.54, 1.807) is 4.90 Å². The monoisotopic (exact) mass is 485 g/mol. The topological polar surface area (TPSA) is 94.6 Å². The Morgan fingerprint density at radius 3 is 2.35 bits per heavy atom. The Kier molecular flexibility index (Phi) is 6.19. The zero-order valence-corrected chi connectivity index (χ0v) is 17.8. The summed E-state index contributed by atoms with van der Waals surface area (Å²) >= 11 is 0. The number of alkyl halides is 3. The maximum Gasteiger partial charge on any atom is 0.491 e. The van der Waals surface area contributed by atoms with Crippen LogP contribution in [0.25, 0.3) is 10.9 Å². The van der Waals surface area contributed by atoms with Gasteiger partial charge in [0.15, 0.2) is 0 Å². The zero-order chi connectivity index (χ0) is 24.8. The average molecular weight is 485 g/mol. The predicted octanol–water partition coefficient (Wildman–Crippen LogP) is 3.50. The summed E-state index contributed by atoms with van der Waals surface area (Å²) in [6.07, 6.45) is -2.31. The molecule has 2 N–H and O–H groups in total. The third kappa shape index (κ3) is 4.54. The van der Waals surface area contributed by atoms with Gasteiger partial charge in [-0.25, -0.2) is 18.4 Å². The van der Waals surface area contributed by atoms with Crippen LogP contribution in [0.3, 0.4) is 0 Å². The first-order chi connectivity index (χ1) is 16.0. The first-order valence-corrected chi connectivity index (χ1v) is 10.5. The minimum atomic E-state index is -5.42. The van der Waals surface area contributed by atoms with E-state index in [4.69, 9.17) is 5.73 Å². The Morgan fingerprint density at radius 1 is 1.15 bits per heavy atom. The number of carbonyl (C=O) groups excluding carboxylic acids is 2. The Labute approximate surface area is 189 Å². The highest BCUT2D eigenvalue weighted by Gasteiger charge is 2.43. The number of anilines is 1. The average Bonchev–Trinajstić information content (AvgIpc) is 3.63. The van der Waals surface area contributed by atoms with Crippen molar-refractivity contribution in [3.8, 4) is 0 Å². The molecule has 1 aliphatic heterocycles. The van der Waals surface area contributed by atoms with E-state index in [1.807, 2.05) is 0 Å². The van der Waals surface area contributed by atoms with Gasteiger partial charge in [0.05, 0.1) is 11.2 Å². The number of hydrogen-bond acceptors (Lipinski definition) is 6. The molecule has 0 bridgehead atoms. The normalized spacial score (nSPS) is 16.6. The molecule has 0 atom stereocenters. The summed E-state index contributed by atoms with van der Waals surface area (Å²) in [5.74, 6) is -5.67. The zero-order valence-electron chi connectivity index (χ0n) is 17.8. The molecule has 2 fully saturated rings. The Bertz CT molecular complexity index is 1250. The molecule has 34 heavy (non-hydrogen) atoms. The van der Waals surface area contributed by atoms with Crippen molar-refractivity contribution in [2.24, 2.45) is 5.73 Å². The molecular formula is C22H20F5N3O4. The lowest BCUT2D eigenvalue weighted by Gasteiger charge is -2.31. The van der Waals surface area contributed by atoms with Gasteiger partial charge in [-0.1, -0.05) is 0 Å². The molecule has 1 saturated carbocycles. The molecule has 12 heteroatoms. The van der Waals surface area contributed by atoms with E-state index in [2.05, 4.69) is 4.74 Å². The van der Waals surface area contributed by atoms with E-state index < -0.39 is 34.9 Å². The smallest absolute Gasteiger partial charge is 0.382 e. The lowest BCUT2D eigenvalue weighted by Crippen LogP contribution is -2.32. The van der Waals surface area contributed by atoms with Gasteiger partial charge in [-0.15, -0.1) is 0 Å². The number of nitrogens with zero attached hydrogens (tertiary/aromatic N) is 2. The van der Waals surface area contributed by atoms with E-state index in [0.717, 1.165) is 12.3 Å². The van der Waals surface area contributed by atoms with Crippen molar-refractivity contribution in [2.75, 3.05) is 24.5 Å². The predicted molar refractivity (Wildman–Crippen MR) is 112 cm³/mol. The molecule has 1 saturated heterocycles. The van der Waals surface area contributed by atoms with Gasteiger partial charge in [0.1, 0.15) is 17.2 Å². The molecule has 0 unspecified atom stereocenters. The van der Waals surface area contributed by atoms with Crippen LogP contribution in [0.15, 0.2) is 34.5 Å². The van der Waals surface area contributed by atoms with Crippen molar-refractivity contribution in [2.45, 2.75) is 37.9 Å². The van der Waals surface area contributed by atoms with Gasteiger partial charge >= 0.3 is 18.1 Å². The molecule has 7 nitrogen and oxygen atoms in total. The van der Waals surface area contributed by atoms with Crippen LogP contribution >= 0.6 is 0 Å². The van der Waals surface area contributed by atoms with Crippen molar-refractivity contribution >= 4 is 28.5 Å². The van der Waals surface area contributed by atoms with Crippen molar-refractivity contribution in [1.82, 2.24) is 4.57 Å². The number of fused-ring (bicyclic) bond motifs is 1. The first kappa shape index (κ1) is 23.9. The van der Waals surface area contributed by atoms with Crippen LogP contribution in [-0.4, -0.2) is 42.3 Å². The van der Waals surface area contributed by atoms with E-state index in [-0.39, 0.29) is 35.0 Å². The summed E-state index contributed by atoms with van der Waals surface area (Å²) in [5.41, 5.74) is 4.53. The van der Waals surface area contributed by atoms with Gasteiger partial charge in [-0.3, -0.25) is 4.79 Å². The van der Waals surface area contributed by atoms with E-state index in [0.29, 0.717) is 44.3 Å². The molecule has 2 aromatic rings. The summed E-state index contributed by atoms with van der Waals surface area (Å²) in [5, 5.41) is -0.228. The fraction of sp³-hybridized carbons (Fsp3) is 0.409. The van der Waals surface area contributed by atoms with Crippen molar-refractivity contribution in [3.05, 3.63) is 51.3 Å². The quantitative estimate of drug-likeness (QED) is 0.405. The summed E-state index contributed by atoms with van der Waals surface area (Å²) < 4.78 is 71.5. The Balaban J connectivity index is 1.73. The van der Waals surface area contributed by atoms with Crippen LogP contribution in [0.1, 0.15) is 42.1 Å². The maximum absolute atomic E-state index is 15.0. The first-order valence-electron chi connectivity index (χ1n) is 10.5. The van der Waals surface area contributed by atoms with Gasteiger partial charge in [0.25, 0.3) is 0 Å². The lowest BCUT2D eigenvalue weighted by atomic mass is 10.0. The summed E-state index contributed by atoms with van der Waals surface area (Å²) in [6.45, 7) is 0.443. The largest absolute Gasteiger partial charge is 0.491 e. The molecule has 1 aromatic heterocycles. The van der Waals surface area contributed by atoms with Crippen LogP contribution in [0.5, 0.6) is 0 Å². The number of esters is 2. The molecule has 1 aliphatic carbocycles. The Morgan fingerprint density at radius 2 is 1.79 bits per heavy atom. The number of piperidine rings is 1. The molecule has 1 aromatic carbocycles.